The summed E-state index contributed by atoms with van der Waals surface area (Å²) >= 11 is 0. The van der Waals surface area contributed by atoms with Crippen LogP contribution in [0.3, 0.4) is 0 Å². The highest BCUT2D eigenvalue weighted by atomic mass is 32.2. The average Bonchev–Trinajstić information content (AvgIpc) is 2.82. The number of ether oxygens (including phenoxy) is 2. The summed E-state index contributed by atoms with van der Waals surface area (Å²) in [6.07, 6.45) is 1.45. The highest BCUT2D eigenvalue weighted by Gasteiger charge is 2.26. The number of Topliss-reactive ketones (excluding diaryl/α,β-unsaturated/α-hetero) is 1. The predicted molar refractivity (Wildman–Crippen MR) is 122 cm³/mol. The smallest absolute Gasteiger partial charge is 0.282 e. The van der Waals surface area contributed by atoms with Crippen molar-refractivity contribution >= 4 is 27.2 Å². The number of methoxy groups -OCH3 is 2. The SMILES string of the molecule is COc1ccc(NC2=C/C(=N\S(=O)(=O)c3ccc(OC)cc3)c3ccccc3C2=O)cc1. The second-order valence-corrected chi connectivity index (χ2v) is 8.52. The average molecular weight is 449 g/mol. The van der Waals surface area contributed by atoms with E-state index in [4.69, 9.17) is 9.47 Å². The molecule has 162 valence electrons. The van der Waals surface area contributed by atoms with Gasteiger partial charge in [-0.15, -0.1) is 0 Å². The minimum Gasteiger partial charge on any atom is -0.497 e. The van der Waals surface area contributed by atoms with Gasteiger partial charge in [-0.1, -0.05) is 24.3 Å². The maximum Gasteiger partial charge on any atom is 0.282 e. The molecule has 0 aromatic heterocycles. The number of benzene rings is 3. The number of fused-ring (bicyclic) bond motifs is 1. The molecule has 8 heteroatoms. The fraction of sp³-hybridized carbons (Fsp3) is 0.0833. The van der Waals surface area contributed by atoms with Crippen LogP contribution in [0.2, 0.25) is 0 Å². The molecule has 0 heterocycles. The fourth-order valence-electron chi connectivity index (χ4n) is 3.26. The van der Waals surface area contributed by atoms with Crippen molar-refractivity contribution in [1.29, 1.82) is 0 Å². The molecular weight excluding hydrogens is 428 g/mol. The molecule has 0 atom stereocenters. The maximum absolute atomic E-state index is 13.0. The van der Waals surface area contributed by atoms with Crippen LogP contribution in [0.4, 0.5) is 5.69 Å². The number of anilines is 1. The standard InChI is InChI=1S/C24H20N2O5S/c1-30-17-9-7-16(8-10-17)25-23-15-22(20-5-3-4-6-21(20)24(23)27)26-32(28,29)19-13-11-18(31-2)12-14-19/h3-15,25H,1-2H3/b26-22+. The number of rotatable bonds is 6. The highest BCUT2D eigenvalue weighted by Crippen LogP contribution is 2.26. The zero-order valence-corrected chi connectivity index (χ0v) is 18.2. The summed E-state index contributed by atoms with van der Waals surface area (Å²) in [5, 5.41) is 3.06. The lowest BCUT2D eigenvalue weighted by Crippen LogP contribution is -2.22. The Balaban J connectivity index is 1.76. The van der Waals surface area contributed by atoms with Crippen LogP contribution in [0, 0.1) is 0 Å². The van der Waals surface area contributed by atoms with Gasteiger partial charge in [0.05, 0.1) is 30.5 Å². The Morgan fingerprint density at radius 3 is 1.94 bits per heavy atom. The minimum atomic E-state index is -4.02. The van der Waals surface area contributed by atoms with E-state index < -0.39 is 10.0 Å². The molecule has 7 nitrogen and oxygen atoms in total. The number of hydrogen-bond acceptors (Lipinski definition) is 6. The van der Waals surface area contributed by atoms with E-state index in [1.54, 1.807) is 67.8 Å². The number of nitrogens with one attached hydrogen (secondary N) is 1. The predicted octanol–water partition coefficient (Wildman–Crippen LogP) is 4.07. The first-order valence-electron chi connectivity index (χ1n) is 9.67. The number of carbonyl (C=O) groups is 1. The normalized spacial score (nSPS) is 14.5. The number of ketones is 1. The van der Waals surface area contributed by atoms with Gasteiger partial charge < -0.3 is 14.8 Å². The Labute approximate surface area is 186 Å². The van der Waals surface area contributed by atoms with Gasteiger partial charge in [0.15, 0.2) is 0 Å². The summed E-state index contributed by atoms with van der Waals surface area (Å²) in [5.74, 6) is 0.964. The lowest BCUT2D eigenvalue weighted by Gasteiger charge is -2.19. The van der Waals surface area contributed by atoms with E-state index in [0.29, 0.717) is 28.3 Å². The van der Waals surface area contributed by atoms with Crippen molar-refractivity contribution in [3.63, 3.8) is 0 Å². The zero-order valence-electron chi connectivity index (χ0n) is 17.4. The summed E-state index contributed by atoms with van der Waals surface area (Å²) in [6.45, 7) is 0. The summed E-state index contributed by atoms with van der Waals surface area (Å²) in [5.41, 5.74) is 1.87. The topological polar surface area (TPSA) is 94.1 Å². The Kier molecular flexibility index (Phi) is 5.79. The summed E-state index contributed by atoms with van der Waals surface area (Å²) in [6, 6.07) is 19.8. The first kappa shape index (κ1) is 21.3. The third-order valence-corrected chi connectivity index (χ3v) is 6.22. The summed E-state index contributed by atoms with van der Waals surface area (Å²) < 4.78 is 40.2. The van der Waals surface area contributed by atoms with Gasteiger partial charge >= 0.3 is 0 Å². The third kappa shape index (κ3) is 4.26. The van der Waals surface area contributed by atoms with Gasteiger partial charge in [0.2, 0.25) is 5.78 Å². The molecule has 3 aromatic carbocycles. The molecule has 32 heavy (non-hydrogen) atoms. The van der Waals surface area contributed by atoms with Gasteiger partial charge in [-0.3, -0.25) is 4.79 Å². The Morgan fingerprint density at radius 2 is 1.34 bits per heavy atom. The van der Waals surface area contributed by atoms with Crippen molar-refractivity contribution in [2.45, 2.75) is 4.90 Å². The van der Waals surface area contributed by atoms with Gasteiger partial charge in [0.25, 0.3) is 10.0 Å². The highest BCUT2D eigenvalue weighted by molar-refractivity contribution is 7.90. The van der Waals surface area contributed by atoms with Crippen molar-refractivity contribution in [2.24, 2.45) is 4.40 Å². The van der Waals surface area contributed by atoms with Crippen LogP contribution >= 0.6 is 0 Å². The Morgan fingerprint density at radius 1 is 0.781 bits per heavy atom. The molecule has 4 rings (SSSR count). The Bertz CT molecular complexity index is 1330. The number of sulfonamides is 1. The molecule has 1 N–H and O–H groups in total. The number of allylic oxidation sites excluding steroid dienone is 2. The third-order valence-electron chi connectivity index (χ3n) is 4.92. The van der Waals surface area contributed by atoms with E-state index in [1.165, 1.54) is 25.3 Å². The fourth-order valence-corrected chi connectivity index (χ4v) is 4.25. The van der Waals surface area contributed by atoms with Gasteiger partial charge in [0, 0.05) is 16.8 Å². The van der Waals surface area contributed by atoms with Gasteiger partial charge in [-0.25, -0.2) is 0 Å². The molecule has 0 saturated heterocycles. The van der Waals surface area contributed by atoms with Crippen LogP contribution in [0.1, 0.15) is 15.9 Å². The van der Waals surface area contributed by atoms with Crippen LogP contribution in [-0.4, -0.2) is 34.1 Å². The molecule has 0 spiro atoms. The molecule has 1 aliphatic carbocycles. The first-order valence-corrected chi connectivity index (χ1v) is 11.1. The van der Waals surface area contributed by atoms with Crippen molar-refractivity contribution in [2.75, 3.05) is 19.5 Å². The van der Waals surface area contributed by atoms with E-state index >= 15 is 0 Å². The van der Waals surface area contributed by atoms with Crippen LogP contribution in [0.5, 0.6) is 11.5 Å². The number of carbonyl (C=O) groups excluding carboxylic acids is 1. The largest absolute Gasteiger partial charge is 0.497 e. The first-order chi connectivity index (χ1) is 15.4. The second kappa shape index (κ2) is 8.68. The van der Waals surface area contributed by atoms with Crippen LogP contribution < -0.4 is 14.8 Å². The van der Waals surface area contributed by atoms with Crippen molar-refractivity contribution < 1.29 is 22.7 Å². The van der Waals surface area contributed by atoms with E-state index in [9.17, 15) is 13.2 Å². The zero-order chi connectivity index (χ0) is 22.7. The summed E-state index contributed by atoms with van der Waals surface area (Å²) in [4.78, 5) is 13.0. The lowest BCUT2D eigenvalue weighted by molar-refractivity contribution is 0.103. The van der Waals surface area contributed by atoms with Gasteiger partial charge in [0.1, 0.15) is 11.5 Å². The van der Waals surface area contributed by atoms with E-state index in [2.05, 4.69) is 9.71 Å². The van der Waals surface area contributed by atoms with Crippen molar-refractivity contribution in [3.05, 3.63) is 95.7 Å². The monoisotopic (exact) mass is 448 g/mol. The van der Waals surface area contributed by atoms with E-state index in [-0.39, 0.29) is 22.1 Å². The molecule has 3 aromatic rings. The summed E-state index contributed by atoms with van der Waals surface area (Å²) in [7, 11) is -0.948. The van der Waals surface area contributed by atoms with Crippen LogP contribution in [0.25, 0.3) is 0 Å². The minimum absolute atomic E-state index is 0.0262. The number of hydrogen-bond donors (Lipinski definition) is 1. The molecule has 0 bridgehead atoms. The van der Waals surface area contributed by atoms with E-state index in [0.717, 1.165) is 0 Å². The number of nitrogens with zero attached hydrogens (tertiary/aromatic N) is 1. The molecule has 0 fully saturated rings. The van der Waals surface area contributed by atoms with Crippen molar-refractivity contribution in [1.82, 2.24) is 0 Å². The quantitative estimate of drug-likeness (QED) is 0.611. The van der Waals surface area contributed by atoms with Crippen LogP contribution in [0.15, 0.2) is 93.9 Å². The maximum atomic E-state index is 13.0. The van der Waals surface area contributed by atoms with Gasteiger partial charge in [-0.05, 0) is 54.6 Å². The molecule has 0 saturated carbocycles. The molecule has 0 aliphatic heterocycles. The molecule has 0 radical (unpaired) electrons. The Hall–Kier alpha value is -3.91. The van der Waals surface area contributed by atoms with Crippen molar-refractivity contribution in [3.8, 4) is 11.5 Å². The molecule has 0 amide bonds. The molecule has 1 aliphatic rings. The molecular formula is C24H20N2O5S. The van der Waals surface area contributed by atoms with E-state index in [1.807, 2.05) is 0 Å². The van der Waals surface area contributed by atoms with Gasteiger partial charge in [-0.2, -0.15) is 12.8 Å². The lowest BCUT2D eigenvalue weighted by atomic mass is 9.92. The molecule has 0 unspecified atom stereocenters. The van der Waals surface area contributed by atoms with Crippen LogP contribution in [-0.2, 0) is 10.0 Å². The second-order valence-electron chi connectivity index (χ2n) is 6.91.